The van der Waals surface area contributed by atoms with E-state index in [4.69, 9.17) is 9.26 Å². The third kappa shape index (κ3) is 5.37. The van der Waals surface area contributed by atoms with Gasteiger partial charge in [0.1, 0.15) is 11.6 Å². The normalized spacial score (nSPS) is 17.2. The van der Waals surface area contributed by atoms with Crippen molar-refractivity contribution < 1.29 is 22.8 Å². The minimum absolute atomic E-state index is 0.0948. The zero-order valence-electron chi connectivity index (χ0n) is 22.2. The van der Waals surface area contributed by atoms with E-state index in [0.29, 0.717) is 11.7 Å². The number of hydrogen-bond donors (Lipinski definition) is 0. The molecule has 0 N–H and O–H groups in total. The third-order valence-electron chi connectivity index (χ3n) is 6.73. The Labute approximate surface area is 225 Å². The van der Waals surface area contributed by atoms with Crippen molar-refractivity contribution in [1.29, 1.82) is 0 Å². The minimum Gasteiger partial charge on any atom is -0.466 e. The standard InChI is InChI=1S/C31H29F2N3O3/c1-5-38-29(37)22-17-25(26-23(32)7-6-8-24(26)33)34-27(22)20-13-9-18(10-14-20)19-11-15-21(16-12-19)28-35-30(39-36-28)31(2,3)4/h6-16,22,27H,5,17H2,1-4H3/t22-,27-/m0/s1. The Hall–Kier alpha value is -4.20. The molecule has 0 saturated carbocycles. The molecule has 0 spiro atoms. The number of carbonyl (C=O) groups is 1. The molecule has 0 fully saturated rings. The van der Waals surface area contributed by atoms with Gasteiger partial charge in [-0.3, -0.25) is 9.79 Å². The first-order chi connectivity index (χ1) is 18.7. The maximum Gasteiger partial charge on any atom is 0.311 e. The molecule has 0 radical (unpaired) electrons. The molecule has 0 bridgehead atoms. The monoisotopic (exact) mass is 529 g/mol. The molecular formula is C31H29F2N3O3. The Morgan fingerprint density at radius 2 is 1.54 bits per heavy atom. The van der Waals surface area contributed by atoms with Gasteiger partial charge in [-0.25, -0.2) is 8.78 Å². The fourth-order valence-electron chi connectivity index (χ4n) is 4.67. The highest BCUT2D eigenvalue weighted by Crippen LogP contribution is 2.39. The fraction of sp³-hybridized carbons (Fsp3) is 0.290. The second kappa shape index (κ2) is 10.5. The van der Waals surface area contributed by atoms with Crippen molar-refractivity contribution in [3.63, 3.8) is 0 Å². The first-order valence-electron chi connectivity index (χ1n) is 12.9. The molecule has 0 saturated heterocycles. The van der Waals surface area contributed by atoms with Gasteiger partial charge in [-0.15, -0.1) is 0 Å². The molecule has 4 aromatic rings. The number of aromatic nitrogens is 2. The summed E-state index contributed by atoms with van der Waals surface area (Å²) in [6.07, 6.45) is 0.0948. The van der Waals surface area contributed by atoms with Gasteiger partial charge in [0, 0.05) is 23.1 Å². The Morgan fingerprint density at radius 1 is 0.949 bits per heavy atom. The van der Waals surface area contributed by atoms with Crippen molar-refractivity contribution in [2.24, 2.45) is 10.9 Å². The highest BCUT2D eigenvalue weighted by Gasteiger charge is 2.38. The number of nitrogens with zero attached hydrogens (tertiary/aromatic N) is 3. The smallest absolute Gasteiger partial charge is 0.311 e. The van der Waals surface area contributed by atoms with Gasteiger partial charge in [-0.05, 0) is 35.7 Å². The van der Waals surface area contributed by atoms with E-state index >= 15 is 0 Å². The molecule has 200 valence electrons. The number of carbonyl (C=O) groups excluding carboxylic acids is 1. The molecule has 6 nitrogen and oxygen atoms in total. The molecule has 8 heteroatoms. The molecule has 39 heavy (non-hydrogen) atoms. The fourth-order valence-corrected chi connectivity index (χ4v) is 4.67. The van der Waals surface area contributed by atoms with Crippen LogP contribution < -0.4 is 0 Å². The van der Waals surface area contributed by atoms with Gasteiger partial charge >= 0.3 is 5.97 Å². The molecule has 0 amide bonds. The lowest BCUT2D eigenvalue weighted by Crippen LogP contribution is -2.22. The quantitative estimate of drug-likeness (QED) is 0.249. The van der Waals surface area contributed by atoms with E-state index in [-0.39, 0.29) is 29.7 Å². The summed E-state index contributed by atoms with van der Waals surface area (Å²) < 4.78 is 39.6. The maximum absolute atomic E-state index is 14.5. The number of aliphatic imine (C=N–C) groups is 1. The Kier molecular flexibility index (Phi) is 7.12. The van der Waals surface area contributed by atoms with E-state index in [2.05, 4.69) is 15.1 Å². The number of rotatable bonds is 6. The average Bonchev–Trinajstić information content (AvgIpc) is 3.58. The summed E-state index contributed by atoms with van der Waals surface area (Å²) in [6.45, 7) is 7.98. The Morgan fingerprint density at radius 3 is 2.10 bits per heavy atom. The van der Waals surface area contributed by atoms with Crippen LogP contribution in [0.25, 0.3) is 22.5 Å². The highest BCUT2D eigenvalue weighted by atomic mass is 19.1. The minimum atomic E-state index is -0.703. The van der Waals surface area contributed by atoms with E-state index in [1.54, 1.807) is 6.92 Å². The van der Waals surface area contributed by atoms with Gasteiger partial charge in [0.25, 0.3) is 0 Å². The van der Waals surface area contributed by atoms with Crippen LogP contribution in [0.1, 0.15) is 57.2 Å². The zero-order chi connectivity index (χ0) is 27.7. The lowest BCUT2D eigenvalue weighted by Gasteiger charge is -2.17. The van der Waals surface area contributed by atoms with Crippen LogP contribution in [0.5, 0.6) is 0 Å². The van der Waals surface area contributed by atoms with E-state index in [1.165, 1.54) is 18.2 Å². The van der Waals surface area contributed by atoms with Crippen molar-refractivity contribution in [1.82, 2.24) is 10.1 Å². The van der Waals surface area contributed by atoms with Crippen LogP contribution >= 0.6 is 0 Å². The summed E-state index contributed by atoms with van der Waals surface area (Å²) in [7, 11) is 0. The molecule has 0 aliphatic carbocycles. The number of halogens is 2. The first kappa shape index (κ1) is 26.4. The molecule has 3 aromatic carbocycles. The van der Waals surface area contributed by atoms with Crippen LogP contribution in [0.4, 0.5) is 8.78 Å². The first-order valence-corrected chi connectivity index (χ1v) is 12.9. The van der Waals surface area contributed by atoms with Gasteiger partial charge in [-0.2, -0.15) is 4.98 Å². The van der Waals surface area contributed by atoms with Gasteiger partial charge in [0.15, 0.2) is 0 Å². The second-order valence-electron chi connectivity index (χ2n) is 10.6. The third-order valence-corrected chi connectivity index (χ3v) is 6.73. The number of benzene rings is 3. The van der Waals surface area contributed by atoms with E-state index in [0.717, 1.165) is 22.3 Å². The van der Waals surface area contributed by atoms with Crippen LogP contribution in [-0.2, 0) is 14.9 Å². The zero-order valence-corrected chi connectivity index (χ0v) is 22.2. The molecule has 1 aromatic heterocycles. The Balaban J connectivity index is 1.40. The summed E-state index contributed by atoms with van der Waals surface area (Å²) in [5, 5.41) is 4.10. The summed E-state index contributed by atoms with van der Waals surface area (Å²) in [6, 6.07) is 18.6. The lowest BCUT2D eigenvalue weighted by atomic mass is 9.90. The van der Waals surface area contributed by atoms with Crippen LogP contribution in [0.2, 0.25) is 0 Å². The molecule has 1 aliphatic rings. The summed E-state index contributed by atoms with van der Waals surface area (Å²) in [5.41, 5.74) is 3.36. The van der Waals surface area contributed by atoms with Gasteiger partial charge < -0.3 is 9.26 Å². The van der Waals surface area contributed by atoms with Crippen molar-refractivity contribution in [2.75, 3.05) is 6.61 Å². The van der Waals surface area contributed by atoms with E-state index in [1.807, 2.05) is 69.3 Å². The van der Waals surface area contributed by atoms with E-state index < -0.39 is 29.6 Å². The summed E-state index contributed by atoms with van der Waals surface area (Å²) >= 11 is 0. The SMILES string of the molecule is CCOC(=O)[C@H]1CC(c2c(F)cccc2F)=N[C@H]1c1ccc(-c2ccc(-c3noc(C(C)(C)C)n3)cc2)cc1. The molecule has 5 rings (SSSR count). The molecule has 1 aliphatic heterocycles. The molecule has 2 atom stereocenters. The van der Waals surface area contributed by atoms with Gasteiger partial charge in [-0.1, -0.05) is 80.5 Å². The molecule has 2 heterocycles. The van der Waals surface area contributed by atoms with Crippen molar-refractivity contribution in [3.05, 3.63) is 95.4 Å². The number of hydrogen-bond acceptors (Lipinski definition) is 6. The van der Waals surface area contributed by atoms with Crippen LogP contribution in [-0.4, -0.2) is 28.4 Å². The average molecular weight is 530 g/mol. The summed E-state index contributed by atoms with van der Waals surface area (Å²) in [5.74, 6) is -1.40. The van der Waals surface area contributed by atoms with Gasteiger partial charge in [0.05, 0.1) is 24.1 Å². The van der Waals surface area contributed by atoms with Crippen molar-refractivity contribution >= 4 is 11.7 Å². The topological polar surface area (TPSA) is 77.6 Å². The molecular weight excluding hydrogens is 500 g/mol. The van der Waals surface area contributed by atoms with Crippen molar-refractivity contribution in [3.8, 4) is 22.5 Å². The van der Waals surface area contributed by atoms with Crippen LogP contribution in [0, 0.1) is 17.6 Å². The maximum atomic E-state index is 14.5. The Bertz CT molecular complexity index is 1500. The summed E-state index contributed by atoms with van der Waals surface area (Å²) in [4.78, 5) is 21.9. The molecule has 0 unspecified atom stereocenters. The predicted molar refractivity (Wildman–Crippen MR) is 144 cm³/mol. The van der Waals surface area contributed by atoms with Crippen LogP contribution in [0.15, 0.2) is 76.2 Å². The number of ether oxygens (including phenoxy) is 1. The largest absolute Gasteiger partial charge is 0.466 e. The predicted octanol–water partition coefficient (Wildman–Crippen LogP) is 7.09. The van der Waals surface area contributed by atoms with Gasteiger partial charge in [0.2, 0.25) is 11.7 Å². The van der Waals surface area contributed by atoms with Crippen molar-refractivity contribution in [2.45, 2.75) is 45.6 Å². The lowest BCUT2D eigenvalue weighted by molar-refractivity contribution is -0.148. The van der Waals surface area contributed by atoms with E-state index in [9.17, 15) is 13.6 Å². The second-order valence-corrected chi connectivity index (χ2v) is 10.6. The van der Waals surface area contributed by atoms with Crippen LogP contribution in [0.3, 0.4) is 0 Å². The number of esters is 1. The highest BCUT2D eigenvalue weighted by molar-refractivity contribution is 6.04.